The van der Waals surface area contributed by atoms with Crippen LogP contribution in [0.5, 0.6) is 0 Å². The van der Waals surface area contributed by atoms with E-state index in [-0.39, 0.29) is 5.91 Å². The lowest BCUT2D eigenvalue weighted by Gasteiger charge is -2.36. The zero-order chi connectivity index (χ0) is 18.7. The Morgan fingerprint density at radius 1 is 0.963 bits per heavy atom. The number of carbonyl (C=O) groups excluding carboxylic acids is 1. The highest BCUT2D eigenvalue weighted by atomic mass is 16.2. The molecule has 3 rings (SSSR count). The molecule has 1 amide bonds. The molecule has 0 aromatic heterocycles. The molecule has 2 aromatic carbocycles. The van der Waals surface area contributed by atoms with E-state index in [9.17, 15) is 4.79 Å². The molecule has 27 heavy (non-hydrogen) atoms. The minimum Gasteiger partial charge on any atom is -0.369 e. The molecule has 140 valence electrons. The molecule has 5 heteroatoms. The molecule has 0 unspecified atom stereocenters. The third-order valence-corrected chi connectivity index (χ3v) is 4.59. The lowest BCUT2D eigenvalue weighted by atomic mass is 10.2. The van der Waals surface area contributed by atoms with Crippen LogP contribution in [0.15, 0.2) is 71.8 Å². The van der Waals surface area contributed by atoms with Crippen molar-refractivity contribution in [3.8, 4) is 0 Å². The normalized spacial score (nSPS) is 15.5. The van der Waals surface area contributed by atoms with E-state index in [4.69, 9.17) is 0 Å². The van der Waals surface area contributed by atoms with Crippen molar-refractivity contribution in [1.82, 2.24) is 10.3 Å². The second kappa shape index (κ2) is 10.3. The van der Waals surface area contributed by atoms with E-state index in [0.717, 1.165) is 38.3 Å². The highest BCUT2D eigenvalue weighted by molar-refractivity contribution is 5.81. The van der Waals surface area contributed by atoms with Gasteiger partial charge in [0.05, 0.1) is 0 Å². The van der Waals surface area contributed by atoms with Crippen LogP contribution in [0.1, 0.15) is 12.0 Å². The van der Waals surface area contributed by atoms with Gasteiger partial charge in [-0.2, -0.15) is 5.10 Å². The Labute approximate surface area is 161 Å². The molecule has 0 bridgehead atoms. The van der Waals surface area contributed by atoms with Crippen molar-refractivity contribution in [2.45, 2.75) is 6.42 Å². The average Bonchev–Trinajstić information content (AvgIpc) is 2.74. The van der Waals surface area contributed by atoms with Gasteiger partial charge in [-0.3, -0.25) is 9.69 Å². The zero-order valence-electron chi connectivity index (χ0n) is 15.5. The lowest BCUT2D eigenvalue weighted by Crippen LogP contribution is -2.47. The van der Waals surface area contributed by atoms with E-state index in [1.54, 1.807) is 6.21 Å². The van der Waals surface area contributed by atoms with E-state index in [1.807, 2.05) is 48.6 Å². The Morgan fingerprint density at radius 3 is 2.33 bits per heavy atom. The molecule has 1 fully saturated rings. The number of nitrogens with one attached hydrogen (secondary N) is 1. The maximum atomic E-state index is 11.9. The fourth-order valence-corrected chi connectivity index (χ4v) is 3.05. The summed E-state index contributed by atoms with van der Waals surface area (Å²) in [6.45, 7) is 4.71. The summed E-state index contributed by atoms with van der Waals surface area (Å²) in [5.74, 6) is -0.0511. The van der Waals surface area contributed by atoms with Crippen molar-refractivity contribution in [3.05, 3.63) is 72.3 Å². The van der Waals surface area contributed by atoms with Crippen molar-refractivity contribution < 1.29 is 4.79 Å². The minimum absolute atomic E-state index is 0.0511. The van der Waals surface area contributed by atoms with Crippen molar-refractivity contribution in [3.63, 3.8) is 0 Å². The Morgan fingerprint density at radius 2 is 1.63 bits per heavy atom. The number of piperazine rings is 1. The SMILES string of the molecule is O=C(CCN1CCN(c2ccccc2)CC1)N/N=C/C=C/c1ccccc1. The van der Waals surface area contributed by atoms with Gasteiger partial charge in [0.15, 0.2) is 0 Å². The number of anilines is 1. The highest BCUT2D eigenvalue weighted by Gasteiger charge is 2.17. The topological polar surface area (TPSA) is 47.9 Å². The van der Waals surface area contributed by atoms with Crippen molar-refractivity contribution in [2.75, 3.05) is 37.6 Å². The second-order valence-electron chi connectivity index (χ2n) is 6.50. The van der Waals surface area contributed by atoms with Crippen LogP contribution in [0.3, 0.4) is 0 Å². The molecular formula is C22H26N4O. The molecule has 0 spiro atoms. The van der Waals surface area contributed by atoms with Gasteiger partial charge in [0, 0.05) is 51.0 Å². The maximum Gasteiger partial charge on any atom is 0.241 e. The predicted molar refractivity (Wildman–Crippen MR) is 112 cm³/mol. The van der Waals surface area contributed by atoms with E-state index in [2.05, 4.69) is 44.6 Å². The number of rotatable bonds is 7. The smallest absolute Gasteiger partial charge is 0.241 e. The number of hydrazone groups is 1. The molecule has 1 aliphatic rings. The summed E-state index contributed by atoms with van der Waals surface area (Å²) in [6.07, 6.45) is 5.83. The molecule has 2 aromatic rings. The van der Waals surface area contributed by atoms with Gasteiger partial charge in [-0.15, -0.1) is 0 Å². The van der Waals surface area contributed by atoms with Gasteiger partial charge in [-0.25, -0.2) is 5.43 Å². The Balaban J connectivity index is 1.32. The van der Waals surface area contributed by atoms with Crippen LogP contribution in [-0.2, 0) is 4.79 Å². The minimum atomic E-state index is -0.0511. The largest absolute Gasteiger partial charge is 0.369 e. The van der Waals surface area contributed by atoms with Crippen molar-refractivity contribution in [1.29, 1.82) is 0 Å². The summed E-state index contributed by atoms with van der Waals surface area (Å²) in [6, 6.07) is 20.5. The van der Waals surface area contributed by atoms with Crippen LogP contribution in [0.25, 0.3) is 6.08 Å². The van der Waals surface area contributed by atoms with Gasteiger partial charge in [0.1, 0.15) is 0 Å². The number of hydrogen-bond donors (Lipinski definition) is 1. The molecule has 0 atom stereocenters. The molecule has 1 heterocycles. The summed E-state index contributed by atoms with van der Waals surface area (Å²) in [5, 5.41) is 3.96. The number of amides is 1. The molecule has 0 radical (unpaired) electrons. The summed E-state index contributed by atoms with van der Waals surface area (Å²) in [7, 11) is 0. The summed E-state index contributed by atoms with van der Waals surface area (Å²) < 4.78 is 0. The Kier molecular flexibility index (Phi) is 7.18. The first kappa shape index (κ1) is 18.9. The Bertz CT molecular complexity index is 750. The van der Waals surface area contributed by atoms with Crippen LogP contribution in [0.4, 0.5) is 5.69 Å². The van der Waals surface area contributed by atoms with Crippen molar-refractivity contribution >= 4 is 23.9 Å². The quantitative estimate of drug-likeness (QED) is 0.608. The molecule has 5 nitrogen and oxygen atoms in total. The monoisotopic (exact) mass is 362 g/mol. The number of benzene rings is 2. The van der Waals surface area contributed by atoms with Crippen LogP contribution < -0.4 is 10.3 Å². The number of nitrogens with zero attached hydrogens (tertiary/aromatic N) is 3. The average molecular weight is 362 g/mol. The molecule has 0 saturated carbocycles. The number of carbonyl (C=O) groups is 1. The summed E-state index contributed by atoms with van der Waals surface area (Å²) in [4.78, 5) is 16.6. The van der Waals surface area contributed by atoms with E-state index in [1.165, 1.54) is 5.69 Å². The first-order valence-electron chi connectivity index (χ1n) is 9.37. The molecule has 1 N–H and O–H groups in total. The number of hydrogen-bond acceptors (Lipinski definition) is 4. The molecular weight excluding hydrogens is 336 g/mol. The van der Waals surface area contributed by atoms with Gasteiger partial charge in [-0.1, -0.05) is 54.6 Å². The molecule has 1 aliphatic heterocycles. The number of allylic oxidation sites excluding steroid dienone is 1. The van der Waals surface area contributed by atoms with Crippen LogP contribution in [-0.4, -0.2) is 49.7 Å². The lowest BCUT2D eigenvalue weighted by molar-refractivity contribution is -0.121. The fraction of sp³-hybridized carbons (Fsp3) is 0.273. The molecule has 1 saturated heterocycles. The standard InChI is InChI=1S/C22H26N4O/c27-22(24-23-14-7-10-20-8-3-1-4-9-20)13-15-25-16-18-26(19-17-25)21-11-5-2-6-12-21/h1-12,14H,13,15-19H2,(H,24,27)/b10-7+,23-14+. The number of para-hydroxylation sites is 1. The first-order valence-corrected chi connectivity index (χ1v) is 9.37. The summed E-state index contributed by atoms with van der Waals surface area (Å²) in [5.41, 5.74) is 4.96. The third-order valence-electron chi connectivity index (χ3n) is 4.59. The van der Waals surface area contributed by atoms with Crippen LogP contribution in [0, 0.1) is 0 Å². The van der Waals surface area contributed by atoms with Crippen molar-refractivity contribution in [2.24, 2.45) is 5.10 Å². The van der Waals surface area contributed by atoms with E-state index in [0.29, 0.717) is 6.42 Å². The zero-order valence-corrected chi connectivity index (χ0v) is 15.5. The third kappa shape index (κ3) is 6.38. The van der Waals surface area contributed by atoms with Gasteiger partial charge in [0.2, 0.25) is 5.91 Å². The van der Waals surface area contributed by atoms with E-state index < -0.39 is 0 Å². The predicted octanol–water partition coefficient (Wildman–Crippen LogP) is 3.01. The van der Waals surface area contributed by atoms with Gasteiger partial charge in [-0.05, 0) is 23.8 Å². The van der Waals surface area contributed by atoms with Crippen LogP contribution >= 0.6 is 0 Å². The first-order chi connectivity index (χ1) is 13.3. The maximum absolute atomic E-state index is 11.9. The fourth-order valence-electron chi connectivity index (χ4n) is 3.05. The molecule has 0 aliphatic carbocycles. The highest BCUT2D eigenvalue weighted by Crippen LogP contribution is 2.15. The summed E-state index contributed by atoms with van der Waals surface area (Å²) >= 11 is 0. The van der Waals surface area contributed by atoms with Crippen LogP contribution in [0.2, 0.25) is 0 Å². The van der Waals surface area contributed by atoms with Gasteiger partial charge < -0.3 is 4.90 Å². The van der Waals surface area contributed by atoms with E-state index >= 15 is 0 Å². The second-order valence-corrected chi connectivity index (χ2v) is 6.50. The Hall–Kier alpha value is -2.92. The van der Waals surface area contributed by atoms with Gasteiger partial charge in [0.25, 0.3) is 0 Å². The van der Waals surface area contributed by atoms with Gasteiger partial charge >= 0.3 is 0 Å².